The molecule has 0 saturated carbocycles. The van der Waals surface area contributed by atoms with E-state index in [1.54, 1.807) is 18.7 Å². The van der Waals surface area contributed by atoms with Crippen molar-refractivity contribution in [2.45, 2.75) is 38.8 Å². The predicted octanol–water partition coefficient (Wildman–Crippen LogP) is -0.0152. The van der Waals surface area contributed by atoms with Gasteiger partial charge in [-0.3, -0.25) is 13.9 Å². The Kier molecular flexibility index (Phi) is 3.68. The van der Waals surface area contributed by atoms with Gasteiger partial charge in [-0.25, -0.2) is 9.78 Å². The van der Waals surface area contributed by atoms with E-state index in [9.17, 15) is 14.7 Å². The van der Waals surface area contributed by atoms with Crippen LogP contribution in [0.2, 0.25) is 0 Å². The molecule has 0 aromatic carbocycles. The average Bonchev–Trinajstić information content (AvgIpc) is 2.76. The fourth-order valence-corrected chi connectivity index (χ4v) is 2.24. The van der Waals surface area contributed by atoms with E-state index in [0.717, 1.165) is 0 Å². The van der Waals surface area contributed by atoms with E-state index in [1.165, 1.54) is 22.4 Å². The van der Waals surface area contributed by atoms with E-state index < -0.39 is 11.8 Å². The summed E-state index contributed by atoms with van der Waals surface area (Å²) in [7, 11) is 3.30. The topological polar surface area (TPSA) is 82.1 Å². The van der Waals surface area contributed by atoms with Gasteiger partial charge < -0.3 is 9.67 Å². The van der Waals surface area contributed by atoms with Crippen molar-refractivity contribution < 1.29 is 6.48 Å². The Bertz CT molecular complexity index is 767. The third-order valence-electron chi connectivity index (χ3n) is 3.37. The molecule has 0 aliphatic rings. The van der Waals surface area contributed by atoms with Gasteiger partial charge in [-0.1, -0.05) is 0 Å². The summed E-state index contributed by atoms with van der Waals surface area (Å²) in [5.74, 6) is 0. The molecule has 2 aromatic rings. The number of imidazole rings is 1. The van der Waals surface area contributed by atoms with Gasteiger partial charge in [0.1, 0.15) is 0 Å². The number of hydrogen-bond donors (Lipinski definition) is 1. The summed E-state index contributed by atoms with van der Waals surface area (Å²) in [5.41, 5.74) is 0.0111. The minimum absolute atomic E-state index is 0.267. The Morgan fingerprint density at radius 2 is 2.10 bits per heavy atom. The van der Waals surface area contributed by atoms with Crippen LogP contribution >= 0.6 is 0 Å². The number of nitrogens with zero attached hydrogens (tertiary/aromatic N) is 4. The maximum Gasteiger partial charge on any atom is 0.332 e. The summed E-state index contributed by atoms with van der Waals surface area (Å²) in [6.45, 7) is 1.68. The normalized spacial score (nSPS) is 15.3. The van der Waals surface area contributed by atoms with Gasteiger partial charge in [0.15, 0.2) is 11.2 Å². The van der Waals surface area contributed by atoms with Gasteiger partial charge in [0, 0.05) is 20.6 Å². The Hall–Kier alpha value is -1.89. The smallest absolute Gasteiger partial charge is 0.332 e. The molecular weight excluding hydrogens is 260 g/mol. The molecule has 1 N–H and O–H groups in total. The number of aliphatic hydroxyl groups is 1. The molecule has 110 valence electrons. The SMILES string of the molecule is [2H][C@](C)(O)CCCCn1c(=O)c2c(ncn2C)n(C)c1=O. The molecule has 0 amide bonds. The van der Waals surface area contributed by atoms with Crippen LogP contribution in [0.15, 0.2) is 15.9 Å². The first-order valence-corrected chi connectivity index (χ1v) is 6.55. The summed E-state index contributed by atoms with van der Waals surface area (Å²) in [4.78, 5) is 28.6. The van der Waals surface area contributed by atoms with E-state index >= 15 is 0 Å². The van der Waals surface area contributed by atoms with Crippen molar-refractivity contribution >= 4 is 11.2 Å². The number of rotatable bonds is 5. The zero-order valence-corrected chi connectivity index (χ0v) is 12.0. The maximum absolute atomic E-state index is 12.4. The Morgan fingerprint density at radius 1 is 1.40 bits per heavy atom. The van der Waals surface area contributed by atoms with Crippen LogP contribution in [-0.4, -0.2) is 29.9 Å². The lowest BCUT2D eigenvalue weighted by Crippen LogP contribution is -2.39. The lowest BCUT2D eigenvalue weighted by molar-refractivity contribution is 0.180. The first kappa shape index (κ1) is 13.1. The Balaban J connectivity index is 2.30. The highest BCUT2D eigenvalue weighted by Gasteiger charge is 2.14. The van der Waals surface area contributed by atoms with Gasteiger partial charge in [-0.2, -0.15) is 0 Å². The highest BCUT2D eigenvalue weighted by Crippen LogP contribution is 2.04. The average molecular weight is 281 g/mol. The molecule has 0 saturated heterocycles. The van der Waals surface area contributed by atoms with Crippen LogP contribution in [0.4, 0.5) is 0 Å². The van der Waals surface area contributed by atoms with Crippen molar-refractivity contribution in [3.63, 3.8) is 0 Å². The molecule has 1 atom stereocenters. The molecule has 7 heteroatoms. The van der Waals surface area contributed by atoms with Crippen LogP contribution in [0.3, 0.4) is 0 Å². The molecule has 0 spiro atoms. The second kappa shape index (κ2) is 5.62. The van der Waals surface area contributed by atoms with Gasteiger partial charge in [0.2, 0.25) is 0 Å². The largest absolute Gasteiger partial charge is 0.393 e. The van der Waals surface area contributed by atoms with Gasteiger partial charge in [0.05, 0.1) is 13.8 Å². The van der Waals surface area contributed by atoms with Crippen LogP contribution in [0.25, 0.3) is 11.2 Å². The highest BCUT2D eigenvalue weighted by atomic mass is 16.3. The summed E-state index contributed by atoms with van der Waals surface area (Å²) >= 11 is 0. The molecule has 0 aliphatic heterocycles. The zero-order valence-electron chi connectivity index (χ0n) is 13.0. The summed E-state index contributed by atoms with van der Waals surface area (Å²) in [6.07, 6.45) is 1.45. The van der Waals surface area contributed by atoms with Crippen LogP contribution in [0.5, 0.6) is 0 Å². The molecule has 0 bridgehead atoms. The quantitative estimate of drug-likeness (QED) is 0.781. The third kappa shape index (κ3) is 2.53. The van der Waals surface area contributed by atoms with E-state index in [1.807, 2.05) is 0 Å². The molecule has 0 fully saturated rings. The van der Waals surface area contributed by atoms with Crippen molar-refractivity contribution in [1.82, 2.24) is 18.7 Å². The van der Waals surface area contributed by atoms with Gasteiger partial charge >= 0.3 is 5.69 Å². The van der Waals surface area contributed by atoms with Gasteiger partial charge in [-0.15, -0.1) is 0 Å². The summed E-state index contributed by atoms with van der Waals surface area (Å²) in [5, 5.41) is 9.34. The van der Waals surface area contributed by atoms with E-state index in [0.29, 0.717) is 30.4 Å². The monoisotopic (exact) mass is 281 g/mol. The molecule has 20 heavy (non-hydrogen) atoms. The van der Waals surface area contributed by atoms with Gasteiger partial charge in [0.25, 0.3) is 5.56 Å². The molecule has 0 radical (unpaired) electrons. The number of hydrogen-bond acceptors (Lipinski definition) is 4. The van der Waals surface area contributed by atoms with Crippen molar-refractivity contribution in [3.05, 3.63) is 27.2 Å². The molecule has 2 rings (SSSR count). The number of fused-ring (bicyclic) bond motifs is 1. The lowest BCUT2D eigenvalue weighted by atomic mass is 10.2. The first-order chi connectivity index (χ1) is 9.72. The minimum atomic E-state index is -1.47. The van der Waals surface area contributed by atoms with Gasteiger partial charge in [-0.05, 0) is 26.2 Å². The molecule has 7 nitrogen and oxygen atoms in total. The van der Waals surface area contributed by atoms with Crippen molar-refractivity contribution in [2.24, 2.45) is 14.1 Å². The zero-order chi connectivity index (χ0) is 15.8. The molecular formula is C13H20N4O3. The highest BCUT2D eigenvalue weighted by molar-refractivity contribution is 5.69. The second-order valence-electron chi connectivity index (χ2n) is 5.02. The fourth-order valence-electron chi connectivity index (χ4n) is 2.24. The third-order valence-corrected chi connectivity index (χ3v) is 3.37. The summed E-state index contributed by atoms with van der Waals surface area (Å²) in [6, 6.07) is 0. The van der Waals surface area contributed by atoms with Crippen LogP contribution in [0, 0.1) is 0 Å². The van der Waals surface area contributed by atoms with Crippen molar-refractivity contribution in [3.8, 4) is 0 Å². The Morgan fingerprint density at radius 3 is 2.75 bits per heavy atom. The lowest BCUT2D eigenvalue weighted by Gasteiger charge is -2.09. The van der Waals surface area contributed by atoms with Crippen LogP contribution in [-0.2, 0) is 20.6 Å². The molecule has 2 heterocycles. The number of aromatic nitrogens is 4. The van der Waals surface area contributed by atoms with E-state index in [2.05, 4.69) is 4.98 Å². The maximum atomic E-state index is 12.4. The van der Waals surface area contributed by atoms with E-state index in [4.69, 9.17) is 1.37 Å². The summed E-state index contributed by atoms with van der Waals surface area (Å²) < 4.78 is 11.5. The minimum Gasteiger partial charge on any atom is -0.393 e. The van der Waals surface area contributed by atoms with E-state index in [-0.39, 0.29) is 12.1 Å². The van der Waals surface area contributed by atoms with Crippen molar-refractivity contribution in [2.75, 3.05) is 0 Å². The predicted molar refractivity (Wildman–Crippen MR) is 75.7 cm³/mol. The standard InChI is InChI=1S/C13H20N4O3/c1-9(18)6-4-5-7-17-12(19)10-11(14-8-15(10)2)16(3)13(17)20/h8-9,18H,4-7H2,1-3H3/t9-/m1/s1/i9D. The van der Waals surface area contributed by atoms with Crippen LogP contribution < -0.4 is 11.2 Å². The molecule has 2 aromatic heterocycles. The van der Waals surface area contributed by atoms with Crippen LogP contribution in [0.1, 0.15) is 27.6 Å². The molecule has 0 unspecified atom stereocenters. The number of aryl methyl sites for hydroxylation is 2. The van der Waals surface area contributed by atoms with Crippen molar-refractivity contribution in [1.29, 1.82) is 0 Å². The molecule has 0 aliphatic carbocycles. The second-order valence-corrected chi connectivity index (χ2v) is 5.02. The Labute approximate surface area is 117 Å². The first-order valence-electron chi connectivity index (χ1n) is 7.05. The number of unbranched alkanes of at least 4 members (excludes halogenated alkanes) is 1. The fraction of sp³-hybridized carbons (Fsp3) is 0.615.